The molecule has 0 spiro atoms. The summed E-state index contributed by atoms with van der Waals surface area (Å²) in [5, 5.41) is 15.0. The molecule has 2 amide bonds. The van der Waals surface area contributed by atoms with Crippen LogP contribution in [0.15, 0.2) is 85.5 Å². The quantitative estimate of drug-likeness (QED) is 0.234. The fourth-order valence-corrected chi connectivity index (χ4v) is 5.96. The molecule has 1 fully saturated rings. The zero-order valence-electron chi connectivity index (χ0n) is 23.7. The highest BCUT2D eigenvalue weighted by Crippen LogP contribution is 2.44. The molecule has 1 aliphatic heterocycles. The van der Waals surface area contributed by atoms with Gasteiger partial charge in [-0.1, -0.05) is 60.7 Å². The minimum atomic E-state index is -0.504. The number of aliphatic hydroxyl groups is 1. The van der Waals surface area contributed by atoms with E-state index in [1.807, 2.05) is 24.3 Å². The maximum absolute atomic E-state index is 13.0. The van der Waals surface area contributed by atoms with Gasteiger partial charge in [0.05, 0.1) is 19.0 Å². The summed E-state index contributed by atoms with van der Waals surface area (Å²) in [5.41, 5.74) is 6.89. The van der Waals surface area contributed by atoms with Gasteiger partial charge >= 0.3 is 6.09 Å². The van der Waals surface area contributed by atoms with Crippen molar-refractivity contribution in [3.63, 3.8) is 0 Å². The number of benzene rings is 3. The van der Waals surface area contributed by atoms with E-state index in [1.165, 1.54) is 17.5 Å². The van der Waals surface area contributed by atoms with Crippen LogP contribution in [0.4, 0.5) is 10.6 Å². The lowest BCUT2D eigenvalue weighted by Gasteiger charge is -2.14. The first kappa shape index (κ1) is 27.7. The molecule has 11 nitrogen and oxygen atoms in total. The second-order valence-corrected chi connectivity index (χ2v) is 10.8. The minimum absolute atomic E-state index is 0.00881. The molecule has 0 radical (unpaired) electrons. The molecule has 1 aliphatic carbocycles. The third-order valence-corrected chi connectivity index (χ3v) is 8.19. The maximum Gasteiger partial charge on any atom is 0.407 e. The topological polar surface area (TPSA) is 140 Å². The maximum atomic E-state index is 13.0. The van der Waals surface area contributed by atoms with Gasteiger partial charge in [-0.15, -0.1) is 0 Å². The minimum Gasteiger partial charge on any atom is -0.449 e. The lowest BCUT2D eigenvalue weighted by molar-refractivity contribution is -0.0207. The van der Waals surface area contributed by atoms with Gasteiger partial charge in [-0.05, 0) is 52.8 Å². The number of alkyl carbamates (subject to hydrolysis) is 1. The van der Waals surface area contributed by atoms with Gasteiger partial charge in [-0.2, -0.15) is 0 Å². The first-order valence-corrected chi connectivity index (χ1v) is 14.5. The molecule has 7 rings (SSSR count). The SMILES string of the molecule is O=C(NCc1ccc(C(=O)Nc2ncnc3c2ncn3[C@H]2CC[C@@H](CO)O2)cc1)OCC1c2ccccc2-c2ccccc21. The zero-order valence-corrected chi connectivity index (χ0v) is 23.7. The van der Waals surface area contributed by atoms with Crippen molar-refractivity contribution in [2.45, 2.75) is 37.6 Å². The molecular formula is C33H30N6O5. The Balaban J connectivity index is 0.943. The average molecular weight is 591 g/mol. The molecule has 2 aromatic heterocycles. The predicted molar refractivity (Wildman–Crippen MR) is 162 cm³/mol. The third-order valence-electron chi connectivity index (χ3n) is 8.19. The Morgan fingerprint density at radius 1 is 0.932 bits per heavy atom. The van der Waals surface area contributed by atoms with E-state index < -0.39 is 6.09 Å². The Kier molecular flexibility index (Phi) is 7.47. The number of amides is 2. The summed E-state index contributed by atoms with van der Waals surface area (Å²) < 4.78 is 13.3. The molecule has 5 aromatic rings. The molecule has 11 heteroatoms. The number of nitrogens with one attached hydrogen (secondary N) is 2. The van der Waals surface area contributed by atoms with Gasteiger partial charge in [0.2, 0.25) is 0 Å². The zero-order chi connectivity index (χ0) is 30.0. The second kappa shape index (κ2) is 11.9. The number of aromatic nitrogens is 4. The molecule has 0 bridgehead atoms. The molecule has 3 aromatic carbocycles. The van der Waals surface area contributed by atoms with Crippen LogP contribution in [0.3, 0.4) is 0 Å². The fraction of sp³-hybridized carbons (Fsp3) is 0.242. The van der Waals surface area contributed by atoms with Crippen molar-refractivity contribution in [3.05, 3.63) is 108 Å². The normalized spacial score (nSPS) is 17.3. The Morgan fingerprint density at radius 3 is 2.36 bits per heavy atom. The summed E-state index contributed by atoms with van der Waals surface area (Å²) in [6.45, 7) is 0.455. The Hall–Kier alpha value is -5.13. The first-order chi connectivity index (χ1) is 21.6. The van der Waals surface area contributed by atoms with Crippen LogP contribution in [0.2, 0.25) is 0 Å². The van der Waals surface area contributed by atoms with Gasteiger partial charge in [-0.25, -0.2) is 19.7 Å². The molecule has 0 saturated carbocycles. The van der Waals surface area contributed by atoms with Crippen LogP contribution in [0.25, 0.3) is 22.3 Å². The van der Waals surface area contributed by atoms with E-state index in [0.29, 0.717) is 16.7 Å². The smallest absolute Gasteiger partial charge is 0.407 e. The van der Waals surface area contributed by atoms with Crippen molar-refractivity contribution in [3.8, 4) is 11.1 Å². The van der Waals surface area contributed by atoms with Crippen LogP contribution < -0.4 is 10.6 Å². The van der Waals surface area contributed by atoms with Gasteiger partial charge in [0, 0.05) is 18.0 Å². The van der Waals surface area contributed by atoms with Crippen molar-refractivity contribution in [2.24, 2.45) is 0 Å². The van der Waals surface area contributed by atoms with Gasteiger partial charge < -0.3 is 25.2 Å². The monoisotopic (exact) mass is 590 g/mol. The third kappa shape index (κ3) is 5.27. The molecule has 0 unspecified atom stereocenters. The van der Waals surface area contributed by atoms with Crippen molar-refractivity contribution < 1.29 is 24.2 Å². The Morgan fingerprint density at radius 2 is 1.66 bits per heavy atom. The van der Waals surface area contributed by atoms with Gasteiger partial charge in [0.1, 0.15) is 19.2 Å². The average Bonchev–Trinajstić information content (AvgIpc) is 3.79. The van der Waals surface area contributed by atoms with Crippen molar-refractivity contribution in [2.75, 3.05) is 18.5 Å². The van der Waals surface area contributed by atoms with Crippen LogP contribution in [-0.2, 0) is 16.0 Å². The number of hydrogen-bond acceptors (Lipinski definition) is 8. The highest BCUT2D eigenvalue weighted by molar-refractivity contribution is 6.06. The fourth-order valence-electron chi connectivity index (χ4n) is 5.96. The largest absolute Gasteiger partial charge is 0.449 e. The van der Waals surface area contributed by atoms with Gasteiger partial charge in [-0.3, -0.25) is 9.36 Å². The number of hydrogen-bond donors (Lipinski definition) is 3. The summed E-state index contributed by atoms with van der Waals surface area (Å²) >= 11 is 0. The number of ether oxygens (including phenoxy) is 2. The lowest BCUT2D eigenvalue weighted by Crippen LogP contribution is -2.25. The van der Waals surface area contributed by atoms with Crippen molar-refractivity contribution in [1.29, 1.82) is 0 Å². The predicted octanol–water partition coefficient (Wildman–Crippen LogP) is 4.79. The molecule has 2 aliphatic rings. The highest BCUT2D eigenvalue weighted by atomic mass is 16.5. The van der Waals surface area contributed by atoms with Crippen LogP contribution in [0.5, 0.6) is 0 Å². The highest BCUT2D eigenvalue weighted by Gasteiger charge is 2.30. The molecule has 44 heavy (non-hydrogen) atoms. The van der Waals surface area contributed by atoms with E-state index in [-0.39, 0.29) is 49.7 Å². The van der Waals surface area contributed by atoms with Crippen LogP contribution in [0, 0.1) is 0 Å². The number of aliphatic hydroxyl groups excluding tert-OH is 1. The molecule has 2 atom stereocenters. The second-order valence-electron chi connectivity index (χ2n) is 10.8. The van der Waals surface area contributed by atoms with Crippen LogP contribution in [-0.4, -0.2) is 55.9 Å². The number of nitrogens with zero attached hydrogens (tertiary/aromatic N) is 4. The molecule has 3 N–H and O–H groups in total. The number of anilines is 1. The van der Waals surface area contributed by atoms with E-state index in [1.54, 1.807) is 35.2 Å². The molecule has 3 heterocycles. The van der Waals surface area contributed by atoms with Crippen LogP contribution >= 0.6 is 0 Å². The lowest BCUT2D eigenvalue weighted by atomic mass is 9.98. The van der Waals surface area contributed by atoms with E-state index in [0.717, 1.165) is 29.5 Å². The first-order valence-electron chi connectivity index (χ1n) is 14.5. The molecular weight excluding hydrogens is 560 g/mol. The molecule has 1 saturated heterocycles. The summed E-state index contributed by atoms with van der Waals surface area (Å²) in [6.07, 6.45) is 3.44. The molecule has 222 valence electrons. The summed E-state index contributed by atoms with van der Waals surface area (Å²) in [4.78, 5) is 38.5. The Bertz CT molecular complexity index is 1790. The van der Waals surface area contributed by atoms with E-state index >= 15 is 0 Å². The standard InChI is InChI=1S/C33H30N6O5/c40-16-22-13-14-28(44-22)39-19-37-29-30(35-18-36-31(29)39)38-32(41)21-11-9-20(10-12-21)15-34-33(42)43-17-27-25-7-3-1-5-23(25)24-6-2-4-8-26(24)27/h1-12,18-19,22,27-28,40H,13-17H2,(H,34,42)(H,35,36,38,41)/t22-,28+/m0/s1. The number of fused-ring (bicyclic) bond motifs is 4. The number of carbonyl (C=O) groups is 2. The van der Waals surface area contributed by atoms with E-state index in [9.17, 15) is 14.7 Å². The van der Waals surface area contributed by atoms with Gasteiger partial charge in [0.15, 0.2) is 17.0 Å². The number of rotatable bonds is 8. The summed E-state index contributed by atoms with van der Waals surface area (Å²) in [7, 11) is 0. The van der Waals surface area contributed by atoms with E-state index in [4.69, 9.17) is 9.47 Å². The summed E-state index contributed by atoms with van der Waals surface area (Å²) in [5.74, 6) is -0.0741. The van der Waals surface area contributed by atoms with Crippen molar-refractivity contribution in [1.82, 2.24) is 24.8 Å². The number of imidazole rings is 1. The van der Waals surface area contributed by atoms with E-state index in [2.05, 4.69) is 49.9 Å². The van der Waals surface area contributed by atoms with Crippen molar-refractivity contribution >= 4 is 29.0 Å². The van der Waals surface area contributed by atoms with Crippen LogP contribution in [0.1, 0.15) is 52.0 Å². The Labute approximate surface area is 252 Å². The number of carbonyl (C=O) groups excluding carboxylic acids is 2. The summed E-state index contributed by atoms with van der Waals surface area (Å²) in [6, 6.07) is 23.3. The van der Waals surface area contributed by atoms with Gasteiger partial charge in [0.25, 0.3) is 5.91 Å².